The van der Waals surface area contributed by atoms with Crippen LogP contribution in [0.3, 0.4) is 0 Å². The van der Waals surface area contributed by atoms with Gasteiger partial charge in [-0.25, -0.2) is 4.98 Å². The first-order valence-electron chi connectivity index (χ1n) is 7.96. The van der Waals surface area contributed by atoms with Crippen LogP contribution >= 0.6 is 0 Å². The average molecular weight is 322 g/mol. The Morgan fingerprint density at radius 2 is 1.79 bits per heavy atom. The third kappa shape index (κ3) is 2.58. The van der Waals surface area contributed by atoms with E-state index in [2.05, 4.69) is 20.0 Å². The van der Waals surface area contributed by atoms with Gasteiger partial charge in [-0.05, 0) is 18.2 Å². The molecule has 0 spiro atoms. The second-order valence-corrected chi connectivity index (χ2v) is 5.84. The highest BCUT2D eigenvalue weighted by atomic mass is 16.2. The van der Waals surface area contributed by atoms with Gasteiger partial charge in [-0.15, -0.1) is 0 Å². The van der Waals surface area contributed by atoms with Gasteiger partial charge in [-0.3, -0.25) is 14.5 Å². The van der Waals surface area contributed by atoms with Gasteiger partial charge in [-0.1, -0.05) is 12.1 Å². The van der Waals surface area contributed by atoms with E-state index < -0.39 is 0 Å². The lowest BCUT2D eigenvalue weighted by atomic mass is 10.2. The van der Waals surface area contributed by atoms with Crippen molar-refractivity contribution in [2.45, 2.75) is 0 Å². The van der Waals surface area contributed by atoms with E-state index in [1.165, 1.54) is 0 Å². The van der Waals surface area contributed by atoms with E-state index in [9.17, 15) is 4.79 Å². The van der Waals surface area contributed by atoms with Gasteiger partial charge in [0.15, 0.2) is 0 Å². The van der Waals surface area contributed by atoms with Gasteiger partial charge in [-0.2, -0.15) is 5.10 Å². The van der Waals surface area contributed by atoms with Crippen molar-refractivity contribution in [1.82, 2.24) is 24.6 Å². The molecule has 2 aromatic heterocycles. The minimum absolute atomic E-state index is 0.0271. The average Bonchev–Trinajstić information content (AvgIpc) is 3.07. The van der Waals surface area contributed by atoms with Crippen LogP contribution in [-0.2, 0) is 7.05 Å². The lowest BCUT2D eigenvalue weighted by molar-refractivity contribution is 0.0735. The Balaban J connectivity index is 1.47. The van der Waals surface area contributed by atoms with E-state index in [1.807, 2.05) is 29.2 Å². The van der Waals surface area contributed by atoms with Crippen LogP contribution in [0.5, 0.6) is 0 Å². The lowest BCUT2D eigenvalue weighted by Crippen LogP contribution is -2.49. The number of piperazine rings is 1. The number of hydrogen-bond donors (Lipinski definition) is 0. The molecule has 7 nitrogen and oxygen atoms in total. The van der Waals surface area contributed by atoms with Crippen LogP contribution in [0.2, 0.25) is 0 Å². The van der Waals surface area contributed by atoms with Crippen molar-refractivity contribution >= 4 is 22.8 Å². The quantitative estimate of drug-likeness (QED) is 0.712. The molecule has 24 heavy (non-hydrogen) atoms. The van der Waals surface area contributed by atoms with E-state index in [0.717, 1.165) is 29.9 Å². The third-order valence-corrected chi connectivity index (χ3v) is 4.37. The Bertz CT molecular complexity index is 881. The maximum Gasteiger partial charge on any atom is 0.272 e. The summed E-state index contributed by atoms with van der Waals surface area (Å²) >= 11 is 0. The molecule has 0 bridgehead atoms. The van der Waals surface area contributed by atoms with Crippen molar-refractivity contribution < 1.29 is 4.79 Å². The lowest BCUT2D eigenvalue weighted by Gasteiger charge is -2.35. The van der Waals surface area contributed by atoms with Crippen LogP contribution in [-0.4, -0.2) is 56.7 Å². The van der Waals surface area contributed by atoms with Gasteiger partial charge < -0.3 is 9.80 Å². The molecule has 3 heterocycles. The third-order valence-electron chi connectivity index (χ3n) is 4.37. The highest BCUT2D eigenvalue weighted by molar-refractivity contribution is 5.92. The maximum absolute atomic E-state index is 12.5. The fraction of sp³-hybridized carbons (Fsp3) is 0.294. The van der Waals surface area contributed by atoms with Gasteiger partial charge >= 0.3 is 0 Å². The van der Waals surface area contributed by atoms with E-state index in [1.54, 1.807) is 30.2 Å². The van der Waals surface area contributed by atoms with E-state index in [4.69, 9.17) is 0 Å². The molecule has 1 fully saturated rings. The molecule has 1 saturated heterocycles. The molecule has 1 amide bonds. The summed E-state index contributed by atoms with van der Waals surface area (Å²) in [5.74, 6) is 0.889. The Labute approximate surface area is 139 Å². The fourth-order valence-electron chi connectivity index (χ4n) is 2.98. The number of carbonyl (C=O) groups excluding carboxylic acids is 1. The molecular formula is C17H18N6O. The molecule has 1 aromatic carbocycles. The molecule has 3 aromatic rings. The number of nitrogens with zero attached hydrogens (tertiary/aromatic N) is 6. The predicted octanol–water partition coefficient (Wildman–Crippen LogP) is 1.33. The molecule has 4 rings (SSSR count). The van der Waals surface area contributed by atoms with Crippen molar-refractivity contribution in [3.8, 4) is 0 Å². The van der Waals surface area contributed by atoms with Crippen molar-refractivity contribution in [2.24, 2.45) is 7.05 Å². The predicted molar refractivity (Wildman–Crippen MR) is 90.9 cm³/mol. The van der Waals surface area contributed by atoms with Crippen LogP contribution < -0.4 is 4.90 Å². The number of carbonyl (C=O) groups is 1. The molecule has 0 radical (unpaired) electrons. The zero-order chi connectivity index (χ0) is 16.5. The van der Waals surface area contributed by atoms with Crippen LogP contribution in [0, 0.1) is 0 Å². The molecule has 0 N–H and O–H groups in total. The number of rotatable bonds is 2. The Kier molecular flexibility index (Phi) is 3.60. The number of benzene rings is 1. The van der Waals surface area contributed by atoms with E-state index >= 15 is 0 Å². The van der Waals surface area contributed by atoms with Crippen molar-refractivity contribution in [3.63, 3.8) is 0 Å². The summed E-state index contributed by atoms with van der Waals surface area (Å²) in [6, 6.07) is 9.60. The molecule has 0 aliphatic carbocycles. The number of fused-ring (bicyclic) bond motifs is 1. The number of aromatic nitrogens is 4. The highest BCUT2D eigenvalue weighted by Crippen LogP contribution is 2.17. The second kappa shape index (κ2) is 5.92. The highest BCUT2D eigenvalue weighted by Gasteiger charge is 2.24. The molecule has 0 atom stereocenters. The summed E-state index contributed by atoms with van der Waals surface area (Å²) in [4.78, 5) is 25.7. The molecule has 7 heteroatoms. The normalized spacial score (nSPS) is 15.0. The first-order valence-corrected chi connectivity index (χ1v) is 7.96. The Hall–Kier alpha value is -2.96. The molecular weight excluding hydrogens is 304 g/mol. The summed E-state index contributed by atoms with van der Waals surface area (Å²) in [6.45, 7) is 2.82. The zero-order valence-corrected chi connectivity index (χ0v) is 13.5. The van der Waals surface area contributed by atoms with Crippen LogP contribution in [0.4, 0.5) is 5.82 Å². The van der Waals surface area contributed by atoms with Crippen LogP contribution in [0.25, 0.3) is 11.0 Å². The largest absolute Gasteiger partial charge is 0.352 e. The molecule has 0 saturated carbocycles. The minimum atomic E-state index is 0.0271. The molecule has 1 aliphatic rings. The molecule has 0 unspecified atom stereocenters. The fourth-order valence-corrected chi connectivity index (χ4v) is 2.98. The van der Waals surface area contributed by atoms with Gasteiger partial charge in [0, 0.05) is 39.4 Å². The first-order chi connectivity index (χ1) is 11.7. The molecule has 122 valence electrons. The first kappa shape index (κ1) is 14.6. The topological polar surface area (TPSA) is 67.2 Å². The van der Waals surface area contributed by atoms with Gasteiger partial charge in [0.05, 0.1) is 17.2 Å². The number of amides is 1. The summed E-state index contributed by atoms with van der Waals surface area (Å²) in [5.41, 5.74) is 2.41. The summed E-state index contributed by atoms with van der Waals surface area (Å²) in [5, 5.41) is 4.06. The standard InChI is InChI=1S/C17H18N6O/c1-21-15(6-7-19-21)17(24)23-10-8-22(9-11-23)16-12-18-13-4-2-3-5-14(13)20-16/h2-7,12H,8-11H2,1H3. The number of hydrogen-bond acceptors (Lipinski definition) is 5. The van der Waals surface area contributed by atoms with Crippen LogP contribution in [0.15, 0.2) is 42.7 Å². The molecule has 1 aliphatic heterocycles. The van der Waals surface area contributed by atoms with E-state index in [0.29, 0.717) is 18.8 Å². The summed E-state index contributed by atoms with van der Waals surface area (Å²) in [7, 11) is 1.79. The number of aryl methyl sites for hydroxylation is 1. The van der Waals surface area contributed by atoms with Gasteiger partial charge in [0.2, 0.25) is 0 Å². The van der Waals surface area contributed by atoms with Crippen molar-refractivity contribution in [2.75, 3.05) is 31.1 Å². The maximum atomic E-state index is 12.5. The monoisotopic (exact) mass is 322 g/mol. The Morgan fingerprint density at radius 1 is 1.04 bits per heavy atom. The second-order valence-electron chi connectivity index (χ2n) is 5.84. The van der Waals surface area contributed by atoms with Gasteiger partial charge in [0.1, 0.15) is 11.5 Å². The Morgan fingerprint density at radius 3 is 2.50 bits per heavy atom. The number of para-hydroxylation sites is 2. The number of anilines is 1. The van der Waals surface area contributed by atoms with Crippen LogP contribution in [0.1, 0.15) is 10.5 Å². The SMILES string of the molecule is Cn1nccc1C(=O)N1CCN(c2cnc3ccccc3n2)CC1. The summed E-state index contributed by atoms with van der Waals surface area (Å²) < 4.78 is 1.61. The smallest absolute Gasteiger partial charge is 0.272 e. The minimum Gasteiger partial charge on any atom is -0.352 e. The van der Waals surface area contributed by atoms with E-state index in [-0.39, 0.29) is 5.91 Å². The van der Waals surface area contributed by atoms with Crippen molar-refractivity contribution in [3.05, 3.63) is 48.4 Å². The summed E-state index contributed by atoms with van der Waals surface area (Å²) in [6.07, 6.45) is 3.45. The zero-order valence-electron chi connectivity index (χ0n) is 13.5. The van der Waals surface area contributed by atoms with Gasteiger partial charge in [0.25, 0.3) is 5.91 Å². The van der Waals surface area contributed by atoms with Crippen molar-refractivity contribution in [1.29, 1.82) is 0 Å².